The Morgan fingerprint density at radius 1 is 1.21 bits per heavy atom. The van der Waals surface area contributed by atoms with Crippen LogP contribution in [0.25, 0.3) is 6.08 Å². The molecule has 0 aliphatic rings. The molecule has 14 heavy (non-hydrogen) atoms. The Hall–Kier alpha value is -0.863. The average Bonchev–Trinajstić information content (AvgIpc) is 2.13. The second kappa shape index (κ2) is 5.13. The number of benzene rings is 1. The Balaban J connectivity index is 2.35. The van der Waals surface area contributed by atoms with E-state index >= 15 is 0 Å². The fraction of sp³-hybridized carbons (Fsp3) is 0.333. The van der Waals surface area contributed by atoms with Gasteiger partial charge in [-0.2, -0.15) is 0 Å². The highest BCUT2D eigenvalue weighted by atomic mass is 28.4. The average molecular weight is 205 g/mol. The molecule has 0 aliphatic carbocycles. The summed E-state index contributed by atoms with van der Waals surface area (Å²) in [7, 11) is -2.10. The Bertz CT molecular complexity index is 285. The molecule has 1 nitrogen and oxygen atoms in total. The molecule has 0 N–H and O–H groups in total. The lowest BCUT2D eigenvalue weighted by Gasteiger charge is -2.07. The van der Waals surface area contributed by atoms with Crippen molar-refractivity contribution in [1.29, 1.82) is 0 Å². The minimum absolute atomic E-state index is 0.830. The quantitative estimate of drug-likeness (QED) is 0.668. The molecule has 75 valence electrons. The van der Waals surface area contributed by atoms with Gasteiger partial charge < -0.3 is 0 Å². The number of rotatable bonds is 4. The highest BCUT2D eigenvalue weighted by Crippen LogP contribution is 2.10. The molecule has 0 aliphatic heterocycles. The molecule has 2 heteroatoms. The predicted octanol–water partition coefficient (Wildman–Crippen LogP) is 3.73. The van der Waals surface area contributed by atoms with Crippen LogP contribution in [0.5, 0.6) is 0 Å². The standard InChI is InChI=1S/C12H17OSi/c1-14(2,13)11-7-6-10-12-8-4-3-5-9-12/h3-6,8-10H,7,11H2,1-2H3. The van der Waals surface area contributed by atoms with E-state index in [2.05, 4.69) is 24.3 Å². The summed E-state index contributed by atoms with van der Waals surface area (Å²) >= 11 is 0. The highest BCUT2D eigenvalue weighted by Gasteiger charge is 2.17. The van der Waals surface area contributed by atoms with Gasteiger partial charge in [0.2, 0.25) is 8.32 Å². The lowest BCUT2D eigenvalue weighted by molar-refractivity contribution is 0.428. The molecule has 1 aromatic carbocycles. The van der Waals surface area contributed by atoms with Crippen LogP contribution in [0.3, 0.4) is 0 Å². The van der Waals surface area contributed by atoms with Gasteiger partial charge in [-0.3, -0.25) is 4.80 Å². The lowest BCUT2D eigenvalue weighted by Crippen LogP contribution is -2.21. The van der Waals surface area contributed by atoms with E-state index < -0.39 is 8.32 Å². The van der Waals surface area contributed by atoms with Gasteiger partial charge in [-0.1, -0.05) is 42.5 Å². The van der Waals surface area contributed by atoms with Crippen molar-refractivity contribution in [2.24, 2.45) is 0 Å². The summed E-state index contributed by atoms with van der Waals surface area (Å²) < 4.78 is 0. The van der Waals surface area contributed by atoms with Gasteiger partial charge in [-0.25, -0.2) is 0 Å². The first kappa shape index (κ1) is 11.2. The topological polar surface area (TPSA) is 19.9 Å². The van der Waals surface area contributed by atoms with Gasteiger partial charge in [0.15, 0.2) is 0 Å². The fourth-order valence-corrected chi connectivity index (χ4v) is 2.08. The van der Waals surface area contributed by atoms with Crippen molar-refractivity contribution in [1.82, 2.24) is 0 Å². The van der Waals surface area contributed by atoms with Gasteiger partial charge in [-0.05, 0) is 31.1 Å². The summed E-state index contributed by atoms with van der Waals surface area (Å²) in [6, 6.07) is 11.0. The molecule has 1 rings (SSSR count). The van der Waals surface area contributed by atoms with Crippen molar-refractivity contribution in [2.45, 2.75) is 25.6 Å². The van der Waals surface area contributed by atoms with Crippen LogP contribution in [0.2, 0.25) is 19.1 Å². The number of hydrogen-bond acceptors (Lipinski definition) is 0. The van der Waals surface area contributed by atoms with Crippen LogP contribution in [0.15, 0.2) is 36.4 Å². The molecule has 0 spiro atoms. The van der Waals surface area contributed by atoms with Gasteiger partial charge in [0.05, 0.1) is 0 Å². The van der Waals surface area contributed by atoms with Gasteiger partial charge in [-0.15, -0.1) is 0 Å². The zero-order chi connectivity index (χ0) is 10.4. The molecule has 0 saturated heterocycles. The second-order valence-electron chi connectivity index (χ2n) is 4.11. The molecule has 0 aromatic heterocycles. The van der Waals surface area contributed by atoms with Crippen LogP contribution in [-0.2, 0) is 4.80 Å². The summed E-state index contributed by atoms with van der Waals surface area (Å²) in [5, 5.41) is 0. The van der Waals surface area contributed by atoms with Gasteiger partial charge in [0.1, 0.15) is 0 Å². The van der Waals surface area contributed by atoms with Gasteiger partial charge >= 0.3 is 0 Å². The maximum atomic E-state index is 11.4. The molecule has 1 aromatic rings. The van der Waals surface area contributed by atoms with E-state index in [0.717, 1.165) is 12.5 Å². The minimum atomic E-state index is -2.10. The first-order valence-electron chi connectivity index (χ1n) is 5.00. The van der Waals surface area contributed by atoms with Crippen LogP contribution < -0.4 is 0 Å². The van der Waals surface area contributed by atoms with Crippen molar-refractivity contribution < 1.29 is 4.80 Å². The van der Waals surface area contributed by atoms with Crippen molar-refractivity contribution in [2.75, 3.05) is 0 Å². The third-order valence-corrected chi connectivity index (χ3v) is 3.52. The molecule has 0 heterocycles. The predicted molar refractivity (Wildman–Crippen MR) is 63.1 cm³/mol. The maximum Gasteiger partial charge on any atom is 0.231 e. The summed E-state index contributed by atoms with van der Waals surface area (Å²) in [5.41, 5.74) is 1.21. The monoisotopic (exact) mass is 205 g/mol. The van der Waals surface area contributed by atoms with Crippen LogP contribution in [0, 0.1) is 0 Å². The van der Waals surface area contributed by atoms with E-state index in [-0.39, 0.29) is 0 Å². The van der Waals surface area contributed by atoms with Crippen LogP contribution in [-0.4, -0.2) is 8.32 Å². The van der Waals surface area contributed by atoms with Crippen molar-refractivity contribution >= 4 is 14.4 Å². The highest BCUT2D eigenvalue weighted by molar-refractivity contribution is 6.69. The SMILES string of the molecule is C[Si](C)([O])CCC=Cc1ccccc1. The summed E-state index contributed by atoms with van der Waals surface area (Å²) in [5.74, 6) is 0. The molecule has 0 fully saturated rings. The largest absolute Gasteiger partial charge is 0.298 e. The van der Waals surface area contributed by atoms with Crippen LogP contribution >= 0.6 is 0 Å². The summed E-state index contributed by atoms with van der Waals surface area (Å²) in [4.78, 5) is 11.4. The zero-order valence-electron chi connectivity index (χ0n) is 8.86. The van der Waals surface area contributed by atoms with E-state index in [1.807, 2.05) is 31.3 Å². The van der Waals surface area contributed by atoms with E-state index in [1.165, 1.54) is 5.56 Å². The number of hydrogen-bond donors (Lipinski definition) is 0. The molecule has 0 bridgehead atoms. The molecular weight excluding hydrogens is 188 g/mol. The normalized spacial score (nSPS) is 12.2. The molecule has 0 amide bonds. The molecule has 1 radical (unpaired) electrons. The Kier molecular flexibility index (Phi) is 4.11. The number of allylic oxidation sites excluding steroid dienone is 1. The van der Waals surface area contributed by atoms with Gasteiger partial charge in [0, 0.05) is 0 Å². The minimum Gasteiger partial charge on any atom is -0.298 e. The lowest BCUT2D eigenvalue weighted by atomic mass is 10.2. The van der Waals surface area contributed by atoms with E-state index in [0.29, 0.717) is 0 Å². The zero-order valence-corrected chi connectivity index (χ0v) is 9.86. The first-order valence-corrected chi connectivity index (χ1v) is 8.11. The van der Waals surface area contributed by atoms with E-state index in [1.54, 1.807) is 0 Å². The smallest absolute Gasteiger partial charge is 0.231 e. The fourth-order valence-electron chi connectivity index (χ4n) is 1.21. The van der Waals surface area contributed by atoms with Crippen LogP contribution in [0.1, 0.15) is 12.0 Å². The first-order chi connectivity index (χ1) is 6.58. The molecular formula is C12H17OSi. The Morgan fingerprint density at radius 2 is 1.86 bits per heavy atom. The summed E-state index contributed by atoms with van der Waals surface area (Å²) in [6.07, 6.45) is 5.10. The summed E-state index contributed by atoms with van der Waals surface area (Å²) in [6.45, 7) is 3.73. The van der Waals surface area contributed by atoms with Crippen LogP contribution in [0.4, 0.5) is 0 Å². The molecule has 0 saturated carbocycles. The third kappa shape index (κ3) is 4.99. The molecule has 0 unspecified atom stereocenters. The Labute approximate surface area is 87.2 Å². The Morgan fingerprint density at radius 3 is 2.43 bits per heavy atom. The van der Waals surface area contributed by atoms with E-state index in [9.17, 15) is 4.80 Å². The maximum absolute atomic E-state index is 11.4. The van der Waals surface area contributed by atoms with Crippen molar-refractivity contribution in [3.63, 3.8) is 0 Å². The van der Waals surface area contributed by atoms with Crippen molar-refractivity contribution in [3.05, 3.63) is 42.0 Å². The molecule has 0 atom stereocenters. The van der Waals surface area contributed by atoms with E-state index in [4.69, 9.17) is 0 Å². The third-order valence-electron chi connectivity index (χ3n) is 2.02. The van der Waals surface area contributed by atoms with Gasteiger partial charge in [0.25, 0.3) is 0 Å². The second-order valence-corrected chi connectivity index (χ2v) is 8.13. The van der Waals surface area contributed by atoms with Crippen molar-refractivity contribution in [3.8, 4) is 0 Å².